The van der Waals surface area contributed by atoms with E-state index >= 15 is 0 Å². The Kier molecular flexibility index (Phi) is 3.92. The monoisotopic (exact) mass is 341 g/mol. The van der Waals surface area contributed by atoms with Crippen LogP contribution in [0.2, 0.25) is 0 Å². The van der Waals surface area contributed by atoms with Gasteiger partial charge in [-0.15, -0.1) is 0 Å². The minimum Gasteiger partial charge on any atom is -0.454 e. The summed E-state index contributed by atoms with van der Waals surface area (Å²) in [7, 11) is 0. The van der Waals surface area contributed by atoms with E-state index in [0.717, 1.165) is 22.6 Å². The lowest BCUT2D eigenvalue weighted by Gasteiger charge is -2.06. The van der Waals surface area contributed by atoms with Gasteiger partial charge in [-0.05, 0) is 35.2 Å². The van der Waals surface area contributed by atoms with E-state index in [2.05, 4.69) is 10.4 Å². The van der Waals surface area contributed by atoms with Gasteiger partial charge >= 0.3 is 0 Å². The third-order valence-electron chi connectivity index (χ3n) is 3.69. The lowest BCUT2D eigenvalue weighted by atomic mass is 10.2. The molecule has 0 saturated heterocycles. The minimum atomic E-state index is -0.0902. The number of carbonyl (C=O) groups excluding carboxylic acids is 1. The number of hydrogen-bond donors (Lipinski definition) is 1. The third-order valence-corrected chi connectivity index (χ3v) is 4.37. The van der Waals surface area contributed by atoms with Crippen LogP contribution in [0.3, 0.4) is 0 Å². The maximum atomic E-state index is 12.1. The van der Waals surface area contributed by atoms with Gasteiger partial charge in [0.15, 0.2) is 11.5 Å². The van der Waals surface area contributed by atoms with E-state index in [0.29, 0.717) is 12.3 Å². The first-order valence-corrected chi connectivity index (χ1v) is 8.43. The molecule has 0 saturated carbocycles. The summed E-state index contributed by atoms with van der Waals surface area (Å²) < 4.78 is 12.2. The molecule has 1 aromatic carbocycles. The molecule has 4 rings (SSSR count). The highest BCUT2D eigenvalue weighted by Gasteiger charge is 2.13. The molecule has 0 unspecified atom stereocenters. The van der Waals surface area contributed by atoms with Gasteiger partial charge in [-0.3, -0.25) is 9.48 Å². The Morgan fingerprint density at radius 1 is 1.25 bits per heavy atom. The van der Waals surface area contributed by atoms with Crippen molar-refractivity contribution in [1.82, 2.24) is 15.1 Å². The summed E-state index contributed by atoms with van der Waals surface area (Å²) in [5.41, 5.74) is 2.91. The van der Waals surface area contributed by atoms with E-state index in [1.54, 1.807) is 16.0 Å². The van der Waals surface area contributed by atoms with Gasteiger partial charge in [0.1, 0.15) is 6.54 Å². The van der Waals surface area contributed by atoms with Crippen LogP contribution in [0.5, 0.6) is 11.5 Å². The molecule has 122 valence electrons. The number of rotatable bonds is 5. The maximum absolute atomic E-state index is 12.1. The summed E-state index contributed by atoms with van der Waals surface area (Å²) in [4.78, 5) is 12.1. The zero-order valence-electron chi connectivity index (χ0n) is 12.8. The van der Waals surface area contributed by atoms with Gasteiger partial charge in [0, 0.05) is 23.7 Å². The van der Waals surface area contributed by atoms with Crippen molar-refractivity contribution in [2.45, 2.75) is 13.1 Å². The zero-order chi connectivity index (χ0) is 16.4. The number of thiophene rings is 1. The first-order valence-electron chi connectivity index (χ1n) is 7.49. The molecule has 2 aromatic heterocycles. The first kappa shape index (κ1) is 14.8. The molecule has 0 aliphatic carbocycles. The van der Waals surface area contributed by atoms with Crippen molar-refractivity contribution >= 4 is 17.2 Å². The maximum Gasteiger partial charge on any atom is 0.241 e. The lowest BCUT2D eigenvalue weighted by molar-refractivity contribution is -0.122. The van der Waals surface area contributed by atoms with Crippen LogP contribution in [0.25, 0.3) is 11.3 Å². The molecule has 0 atom stereocenters. The van der Waals surface area contributed by atoms with Gasteiger partial charge in [-0.2, -0.15) is 16.4 Å². The quantitative estimate of drug-likeness (QED) is 0.775. The summed E-state index contributed by atoms with van der Waals surface area (Å²) in [6.45, 7) is 0.875. The van der Waals surface area contributed by atoms with E-state index in [9.17, 15) is 4.79 Å². The van der Waals surface area contributed by atoms with Crippen molar-refractivity contribution < 1.29 is 14.3 Å². The van der Waals surface area contributed by atoms with Crippen LogP contribution in [0.15, 0.2) is 47.3 Å². The summed E-state index contributed by atoms with van der Waals surface area (Å²) in [6, 6.07) is 9.57. The van der Waals surface area contributed by atoms with E-state index in [1.165, 1.54) is 0 Å². The summed E-state index contributed by atoms with van der Waals surface area (Å²) in [5, 5.41) is 11.3. The number of fused-ring (bicyclic) bond motifs is 1. The number of hydrogen-bond acceptors (Lipinski definition) is 5. The minimum absolute atomic E-state index is 0.0902. The van der Waals surface area contributed by atoms with Gasteiger partial charge in [-0.1, -0.05) is 6.07 Å². The molecule has 0 bridgehead atoms. The second-order valence-corrected chi connectivity index (χ2v) is 6.15. The number of ether oxygens (including phenoxy) is 2. The molecule has 3 aromatic rings. The fraction of sp³-hybridized carbons (Fsp3) is 0.176. The van der Waals surface area contributed by atoms with E-state index in [1.807, 2.05) is 47.3 Å². The topological polar surface area (TPSA) is 65.4 Å². The Balaban J connectivity index is 1.34. The highest BCUT2D eigenvalue weighted by molar-refractivity contribution is 7.08. The molecule has 0 radical (unpaired) electrons. The Hall–Kier alpha value is -2.80. The molecule has 1 N–H and O–H groups in total. The molecule has 1 aliphatic heterocycles. The highest BCUT2D eigenvalue weighted by atomic mass is 32.1. The van der Waals surface area contributed by atoms with Crippen molar-refractivity contribution in [2.75, 3.05) is 6.79 Å². The zero-order valence-corrected chi connectivity index (χ0v) is 13.6. The fourth-order valence-corrected chi connectivity index (χ4v) is 3.12. The second kappa shape index (κ2) is 6.37. The van der Waals surface area contributed by atoms with E-state index in [-0.39, 0.29) is 19.2 Å². The Bertz CT molecular complexity index is 858. The molecule has 24 heavy (non-hydrogen) atoms. The van der Waals surface area contributed by atoms with Crippen LogP contribution in [0, 0.1) is 0 Å². The summed E-state index contributed by atoms with van der Waals surface area (Å²) in [6.07, 6.45) is 1.81. The smallest absolute Gasteiger partial charge is 0.241 e. The Labute approximate surface area is 142 Å². The third kappa shape index (κ3) is 3.11. The van der Waals surface area contributed by atoms with Crippen molar-refractivity contribution in [3.05, 3.63) is 52.9 Å². The highest BCUT2D eigenvalue weighted by Crippen LogP contribution is 2.32. The number of aromatic nitrogens is 2. The van der Waals surface area contributed by atoms with Gasteiger partial charge in [0.25, 0.3) is 0 Å². The largest absolute Gasteiger partial charge is 0.454 e. The van der Waals surface area contributed by atoms with Crippen LogP contribution in [-0.2, 0) is 17.9 Å². The van der Waals surface area contributed by atoms with Gasteiger partial charge in [0.2, 0.25) is 12.7 Å². The van der Waals surface area contributed by atoms with Gasteiger partial charge in [0.05, 0.1) is 5.69 Å². The van der Waals surface area contributed by atoms with Crippen LogP contribution >= 0.6 is 11.3 Å². The second-order valence-electron chi connectivity index (χ2n) is 5.37. The fourth-order valence-electron chi connectivity index (χ4n) is 2.47. The average molecular weight is 341 g/mol. The normalized spacial score (nSPS) is 12.3. The number of nitrogens with one attached hydrogen (secondary N) is 1. The van der Waals surface area contributed by atoms with Crippen molar-refractivity contribution in [3.8, 4) is 22.8 Å². The molecule has 1 aliphatic rings. The van der Waals surface area contributed by atoms with E-state index in [4.69, 9.17) is 9.47 Å². The van der Waals surface area contributed by atoms with Crippen molar-refractivity contribution in [3.63, 3.8) is 0 Å². The predicted molar refractivity (Wildman–Crippen MR) is 90.0 cm³/mol. The molecule has 0 fully saturated rings. The molecule has 1 amide bonds. The molecule has 3 heterocycles. The molecule has 0 spiro atoms. The Morgan fingerprint density at radius 2 is 2.17 bits per heavy atom. The average Bonchev–Trinajstić information content (AvgIpc) is 3.32. The van der Waals surface area contributed by atoms with Crippen molar-refractivity contribution in [1.29, 1.82) is 0 Å². The number of carbonyl (C=O) groups is 1. The van der Waals surface area contributed by atoms with Crippen LogP contribution in [0.1, 0.15) is 5.56 Å². The number of benzene rings is 1. The predicted octanol–water partition coefficient (Wildman–Crippen LogP) is 2.66. The van der Waals surface area contributed by atoms with Crippen molar-refractivity contribution in [2.24, 2.45) is 0 Å². The van der Waals surface area contributed by atoms with Crippen LogP contribution in [0.4, 0.5) is 0 Å². The molecule has 6 nitrogen and oxygen atoms in total. The molecule has 7 heteroatoms. The summed E-state index contributed by atoms with van der Waals surface area (Å²) >= 11 is 1.62. The van der Waals surface area contributed by atoms with Crippen LogP contribution in [-0.4, -0.2) is 22.5 Å². The molecular formula is C17H15N3O3S. The lowest BCUT2D eigenvalue weighted by Crippen LogP contribution is -2.27. The summed E-state index contributed by atoms with van der Waals surface area (Å²) in [5.74, 6) is 1.37. The SMILES string of the molecule is O=C(Cn1ccc(-c2ccsc2)n1)NCc1ccc2c(c1)OCO2. The number of amides is 1. The standard InChI is InChI=1S/C17H15N3O3S/c21-17(9-20-5-3-14(19-20)13-4-6-24-10-13)18-8-12-1-2-15-16(7-12)23-11-22-15/h1-7,10H,8-9,11H2,(H,18,21). The van der Waals surface area contributed by atoms with Gasteiger partial charge < -0.3 is 14.8 Å². The molecular weight excluding hydrogens is 326 g/mol. The number of nitrogens with zero attached hydrogens (tertiary/aromatic N) is 2. The first-order chi connectivity index (χ1) is 11.8. The van der Waals surface area contributed by atoms with Gasteiger partial charge in [-0.25, -0.2) is 0 Å². The van der Waals surface area contributed by atoms with Crippen LogP contribution < -0.4 is 14.8 Å². The Morgan fingerprint density at radius 3 is 3.04 bits per heavy atom. The van der Waals surface area contributed by atoms with E-state index < -0.39 is 0 Å².